The van der Waals surface area contributed by atoms with Crippen LogP contribution >= 0.6 is 0 Å². The lowest BCUT2D eigenvalue weighted by Crippen LogP contribution is -2.44. The van der Waals surface area contributed by atoms with Crippen LogP contribution in [0.25, 0.3) is 5.70 Å². The van der Waals surface area contributed by atoms with Gasteiger partial charge in [0.2, 0.25) is 0 Å². The largest absolute Gasteiger partial charge is 0.490 e. The van der Waals surface area contributed by atoms with Crippen molar-refractivity contribution in [3.8, 4) is 11.5 Å². The molecule has 1 unspecified atom stereocenters. The van der Waals surface area contributed by atoms with E-state index in [-0.39, 0.29) is 18.7 Å². The number of methoxy groups -OCH3 is 1. The summed E-state index contributed by atoms with van der Waals surface area (Å²) >= 11 is 0. The Morgan fingerprint density at radius 1 is 1.10 bits per heavy atom. The van der Waals surface area contributed by atoms with E-state index in [4.69, 9.17) is 9.47 Å². The zero-order valence-corrected chi connectivity index (χ0v) is 17.0. The molecule has 30 heavy (non-hydrogen) atoms. The molecule has 7 heteroatoms. The van der Waals surface area contributed by atoms with E-state index >= 15 is 0 Å². The Morgan fingerprint density at radius 2 is 1.93 bits per heavy atom. The summed E-state index contributed by atoms with van der Waals surface area (Å²) in [6, 6.07) is 13.1. The quantitative estimate of drug-likeness (QED) is 0.716. The summed E-state index contributed by atoms with van der Waals surface area (Å²) in [5.41, 5.74) is 5.22. The standard InChI is InChI=1S/C23H24N2O5/c1-3-29-19-12-15(9-11-18(19)30-13-20(26)28-2)21-17-10-8-14-6-4-5-7-16(14)22(17)25-23(27)24-21/h4-7,9,11-12,21H,3,8,10,13H2,1-2H3,(H2,24,25,27). The van der Waals surface area contributed by atoms with Crippen molar-refractivity contribution in [1.82, 2.24) is 10.6 Å². The van der Waals surface area contributed by atoms with Gasteiger partial charge in [-0.2, -0.15) is 0 Å². The maximum atomic E-state index is 12.4. The van der Waals surface area contributed by atoms with Gasteiger partial charge in [-0.1, -0.05) is 30.3 Å². The number of carbonyl (C=O) groups excluding carboxylic acids is 2. The summed E-state index contributed by atoms with van der Waals surface area (Å²) in [5.74, 6) is 0.502. The summed E-state index contributed by atoms with van der Waals surface area (Å²) in [7, 11) is 1.31. The Bertz CT molecular complexity index is 1010. The molecule has 0 aromatic heterocycles. The number of ether oxygens (including phenoxy) is 3. The van der Waals surface area contributed by atoms with Crippen LogP contribution in [-0.2, 0) is 16.0 Å². The van der Waals surface area contributed by atoms with E-state index in [0.29, 0.717) is 18.1 Å². The van der Waals surface area contributed by atoms with Gasteiger partial charge in [-0.15, -0.1) is 0 Å². The fraction of sp³-hybridized carbons (Fsp3) is 0.304. The van der Waals surface area contributed by atoms with Crippen molar-refractivity contribution in [3.05, 3.63) is 64.7 Å². The van der Waals surface area contributed by atoms with Crippen LogP contribution < -0.4 is 20.1 Å². The van der Waals surface area contributed by atoms with Crippen LogP contribution in [0.3, 0.4) is 0 Å². The molecule has 2 aromatic rings. The molecule has 2 aromatic carbocycles. The summed E-state index contributed by atoms with van der Waals surface area (Å²) in [5, 5.41) is 6.02. The number of hydrogen-bond donors (Lipinski definition) is 2. The predicted molar refractivity (Wildman–Crippen MR) is 111 cm³/mol. The molecule has 1 aliphatic carbocycles. The molecule has 2 aliphatic rings. The molecule has 2 amide bonds. The minimum Gasteiger partial charge on any atom is -0.490 e. The highest BCUT2D eigenvalue weighted by Gasteiger charge is 2.32. The van der Waals surface area contributed by atoms with Crippen LogP contribution in [0.15, 0.2) is 48.0 Å². The smallest absolute Gasteiger partial charge is 0.343 e. The molecule has 1 aliphatic heterocycles. The average molecular weight is 408 g/mol. The number of hydrogen-bond acceptors (Lipinski definition) is 5. The molecule has 7 nitrogen and oxygen atoms in total. The van der Waals surface area contributed by atoms with Crippen molar-refractivity contribution in [2.24, 2.45) is 0 Å². The number of carbonyl (C=O) groups is 2. The summed E-state index contributed by atoms with van der Waals surface area (Å²) in [4.78, 5) is 23.9. The van der Waals surface area contributed by atoms with Crippen LogP contribution in [0.5, 0.6) is 11.5 Å². The normalized spacial score (nSPS) is 17.3. The van der Waals surface area contributed by atoms with Crippen LogP contribution in [0.2, 0.25) is 0 Å². The zero-order valence-electron chi connectivity index (χ0n) is 17.0. The van der Waals surface area contributed by atoms with Gasteiger partial charge in [-0.25, -0.2) is 9.59 Å². The van der Waals surface area contributed by atoms with Gasteiger partial charge in [0.05, 0.1) is 25.5 Å². The Labute approximate surface area is 175 Å². The van der Waals surface area contributed by atoms with Gasteiger partial charge in [0.15, 0.2) is 18.1 Å². The van der Waals surface area contributed by atoms with Crippen molar-refractivity contribution in [2.45, 2.75) is 25.8 Å². The topological polar surface area (TPSA) is 85.9 Å². The third-order valence-corrected chi connectivity index (χ3v) is 5.31. The molecule has 1 atom stereocenters. The Hall–Kier alpha value is -3.48. The van der Waals surface area contributed by atoms with Crippen LogP contribution in [0.4, 0.5) is 4.79 Å². The van der Waals surface area contributed by atoms with Gasteiger partial charge < -0.3 is 24.8 Å². The summed E-state index contributed by atoms with van der Waals surface area (Å²) in [6.07, 6.45) is 1.76. The van der Waals surface area contributed by atoms with Crippen LogP contribution in [0, 0.1) is 0 Å². The van der Waals surface area contributed by atoms with Crippen molar-refractivity contribution in [2.75, 3.05) is 20.3 Å². The number of rotatable bonds is 6. The number of fused-ring (bicyclic) bond motifs is 2. The van der Waals surface area contributed by atoms with Crippen molar-refractivity contribution in [1.29, 1.82) is 0 Å². The zero-order chi connectivity index (χ0) is 21.1. The fourth-order valence-corrected chi connectivity index (χ4v) is 3.93. The second-order valence-corrected chi connectivity index (χ2v) is 7.09. The van der Waals surface area contributed by atoms with Gasteiger partial charge in [0.1, 0.15) is 0 Å². The molecule has 0 fully saturated rings. The van der Waals surface area contributed by atoms with Crippen LogP contribution in [0.1, 0.15) is 36.1 Å². The molecule has 0 spiro atoms. The van der Waals surface area contributed by atoms with E-state index < -0.39 is 5.97 Å². The lowest BCUT2D eigenvalue weighted by Gasteiger charge is -2.34. The Kier molecular flexibility index (Phi) is 5.61. The maximum Gasteiger partial charge on any atom is 0.343 e. The highest BCUT2D eigenvalue weighted by Crippen LogP contribution is 2.40. The SMILES string of the molecule is CCOc1cc(C2NC(=O)NC3=C2CCc2ccccc23)ccc1OCC(=O)OC. The van der Waals surface area contributed by atoms with Gasteiger partial charge >= 0.3 is 12.0 Å². The molecule has 4 rings (SSSR count). The molecule has 0 saturated carbocycles. The average Bonchev–Trinajstić information content (AvgIpc) is 2.77. The molecule has 0 radical (unpaired) electrons. The highest BCUT2D eigenvalue weighted by molar-refractivity contribution is 5.91. The van der Waals surface area contributed by atoms with E-state index in [1.54, 1.807) is 6.07 Å². The number of amides is 2. The second kappa shape index (κ2) is 8.49. The number of aryl methyl sites for hydroxylation is 1. The van der Waals surface area contributed by atoms with Gasteiger partial charge in [0, 0.05) is 5.56 Å². The maximum absolute atomic E-state index is 12.4. The highest BCUT2D eigenvalue weighted by atomic mass is 16.6. The lowest BCUT2D eigenvalue weighted by atomic mass is 9.83. The number of esters is 1. The first-order chi connectivity index (χ1) is 14.6. The molecule has 156 valence electrons. The minimum absolute atomic E-state index is 0.202. The van der Waals surface area contributed by atoms with E-state index in [2.05, 4.69) is 21.4 Å². The number of benzene rings is 2. The van der Waals surface area contributed by atoms with E-state index in [1.807, 2.05) is 37.3 Å². The molecular formula is C23H24N2O5. The first-order valence-corrected chi connectivity index (χ1v) is 9.96. The third-order valence-electron chi connectivity index (χ3n) is 5.31. The second-order valence-electron chi connectivity index (χ2n) is 7.09. The van der Waals surface area contributed by atoms with Crippen molar-refractivity contribution < 1.29 is 23.8 Å². The Morgan fingerprint density at radius 3 is 2.73 bits per heavy atom. The molecule has 2 N–H and O–H groups in total. The van der Waals surface area contributed by atoms with E-state index in [9.17, 15) is 9.59 Å². The third kappa shape index (κ3) is 3.83. The fourth-order valence-electron chi connectivity index (χ4n) is 3.93. The number of nitrogens with one attached hydrogen (secondary N) is 2. The molecular weight excluding hydrogens is 384 g/mol. The first-order valence-electron chi connectivity index (χ1n) is 9.96. The van der Waals surface area contributed by atoms with E-state index in [1.165, 1.54) is 12.7 Å². The van der Waals surface area contributed by atoms with Gasteiger partial charge in [-0.3, -0.25) is 0 Å². The van der Waals surface area contributed by atoms with Crippen molar-refractivity contribution >= 4 is 17.7 Å². The Balaban J connectivity index is 1.69. The summed E-state index contributed by atoms with van der Waals surface area (Å²) in [6.45, 7) is 2.12. The van der Waals surface area contributed by atoms with Gasteiger partial charge in [0.25, 0.3) is 0 Å². The van der Waals surface area contributed by atoms with Crippen LogP contribution in [-0.4, -0.2) is 32.3 Å². The lowest BCUT2D eigenvalue weighted by molar-refractivity contribution is -0.142. The molecule has 0 bridgehead atoms. The number of urea groups is 1. The van der Waals surface area contributed by atoms with Crippen molar-refractivity contribution in [3.63, 3.8) is 0 Å². The molecule has 0 saturated heterocycles. The first kappa shape index (κ1) is 19.8. The summed E-state index contributed by atoms with van der Waals surface area (Å²) < 4.78 is 15.9. The molecule has 1 heterocycles. The minimum atomic E-state index is -0.470. The van der Waals surface area contributed by atoms with E-state index in [0.717, 1.165) is 35.2 Å². The van der Waals surface area contributed by atoms with Gasteiger partial charge in [-0.05, 0) is 48.6 Å². The predicted octanol–water partition coefficient (Wildman–Crippen LogP) is 3.35. The monoisotopic (exact) mass is 408 g/mol.